The van der Waals surface area contributed by atoms with Crippen molar-refractivity contribution >= 4 is 43.4 Å². The molecule has 4 aromatic carbocycles. The van der Waals surface area contributed by atoms with Crippen molar-refractivity contribution in [3.63, 3.8) is 0 Å². The summed E-state index contributed by atoms with van der Waals surface area (Å²) in [4.78, 5) is 29.0. The highest BCUT2D eigenvalue weighted by Crippen LogP contribution is 2.41. The van der Waals surface area contributed by atoms with E-state index in [0.29, 0.717) is 28.7 Å². The third-order valence-corrected chi connectivity index (χ3v) is 9.46. The van der Waals surface area contributed by atoms with Gasteiger partial charge < -0.3 is 20.0 Å². The maximum Gasteiger partial charge on any atom is 0.258 e. The Labute approximate surface area is 260 Å². The molecule has 228 valence electrons. The van der Waals surface area contributed by atoms with Crippen LogP contribution in [0.2, 0.25) is 0 Å². The lowest BCUT2D eigenvalue weighted by Crippen LogP contribution is -2.27. The van der Waals surface area contributed by atoms with Crippen molar-refractivity contribution in [2.45, 2.75) is 24.2 Å². The average molecular weight is 621 g/mol. The molecule has 9 nitrogen and oxygen atoms in total. The molecule has 0 saturated carbocycles. The second kappa shape index (κ2) is 12.1. The molecule has 0 aliphatic rings. The van der Waals surface area contributed by atoms with Gasteiger partial charge in [-0.3, -0.25) is 9.59 Å². The van der Waals surface area contributed by atoms with Gasteiger partial charge in [-0.25, -0.2) is 13.1 Å². The lowest BCUT2D eigenvalue weighted by Gasteiger charge is -2.22. The minimum Gasteiger partial charge on any atom is -0.507 e. The van der Waals surface area contributed by atoms with Crippen LogP contribution in [0.15, 0.2) is 113 Å². The number of aryl methyl sites for hydroxylation is 1. The number of pyridine rings is 1. The van der Waals surface area contributed by atoms with Crippen molar-refractivity contribution in [3.05, 3.63) is 136 Å². The molecular weight excluding hydrogens is 588 g/mol. The Morgan fingerprint density at radius 3 is 2.36 bits per heavy atom. The number of aromatic nitrogens is 2. The van der Waals surface area contributed by atoms with Crippen molar-refractivity contribution in [1.82, 2.24) is 14.3 Å². The zero-order chi connectivity index (χ0) is 31.7. The van der Waals surface area contributed by atoms with Gasteiger partial charge in [0.25, 0.3) is 5.56 Å². The number of hydrogen-bond donors (Lipinski definition) is 4. The molecule has 1 unspecified atom stereocenters. The number of aromatic hydroxyl groups is 1. The van der Waals surface area contributed by atoms with E-state index in [1.807, 2.05) is 66.7 Å². The molecule has 4 N–H and O–H groups in total. The van der Waals surface area contributed by atoms with Crippen LogP contribution in [-0.2, 0) is 28.3 Å². The van der Waals surface area contributed by atoms with E-state index >= 15 is 0 Å². The zero-order valence-electron chi connectivity index (χ0n) is 24.7. The van der Waals surface area contributed by atoms with Gasteiger partial charge in [0.15, 0.2) is 0 Å². The van der Waals surface area contributed by atoms with Crippen LogP contribution in [0.5, 0.6) is 5.75 Å². The molecular formula is C35H32N4O5S. The molecule has 1 atom stereocenters. The Bertz CT molecular complexity index is 2220. The first-order chi connectivity index (χ1) is 21.7. The number of carbonyl (C=O) groups is 1. The molecule has 0 saturated heterocycles. The van der Waals surface area contributed by atoms with Crippen molar-refractivity contribution in [1.29, 1.82) is 0 Å². The van der Waals surface area contributed by atoms with E-state index < -0.39 is 15.9 Å². The second-order valence-electron chi connectivity index (χ2n) is 10.9. The maximum absolute atomic E-state index is 14.0. The van der Waals surface area contributed by atoms with Crippen LogP contribution in [-0.4, -0.2) is 35.5 Å². The highest BCUT2D eigenvalue weighted by Gasteiger charge is 2.30. The van der Waals surface area contributed by atoms with E-state index in [4.69, 9.17) is 0 Å². The highest BCUT2D eigenvalue weighted by atomic mass is 32.2. The van der Waals surface area contributed by atoms with Crippen LogP contribution in [0.1, 0.15) is 35.2 Å². The van der Waals surface area contributed by atoms with Crippen LogP contribution in [0.25, 0.3) is 21.8 Å². The van der Waals surface area contributed by atoms with Gasteiger partial charge in [0, 0.05) is 48.2 Å². The molecule has 2 heterocycles. The number of fused-ring (bicyclic) bond motifs is 2. The largest absolute Gasteiger partial charge is 0.507 e. The summed E-state index contributed by atoms with van der Waals surface area (Å²) in [6, 6.07) is 30.5. The van der Waals surface area contributed by atoms with Gasteiger partial charge in [-0.2, -0.15) is 0 Å². The van der Waals surface area contributed by atoms with Crippen LogP contribution < -0.4 is 15.6 Å². The number of sulfonamides is 1. The van der Waals surface area contributed by atoms with Crippen LogP contribution >= 0.6 is 0 Å². The number of benzene rings is 4. The standard InChI is InChI=1S/C35H32N4O5S/c1-22(40)37-24-13-10-14-25(21-24)45(43,44)36-20-19-27-26-15-6-8-17-29(26)38-33(27)31(23-11-4-3-5-12-23)32-34(41)28-16-7-9-18-30(28)39(2)35(32)42/h3-18,21,31,36,38,41H,19-20H2,1-2H3,(H,37,40). The molecule has 6 aromatic rings. The number of aromatic amines is 1. The summed E-state index contributed by atoms with van der Waals surface area (Å²) in [5.74, 6) is -1.07. The van der Waals surface area contributed by atoms with E-state index in [1.54, 1.807) is 35.9 Å². The SMILES string of the molecule is CC(=O)Nc1cccc(S(=O)(=O)NCCc2c(C(c3ccccc3)c3c(O)c4ccccc4n(C)c3=O)[nH]c3ccccc23)c1. The van der Waals surface area contributed by atoms with Gasteiger partial charge in [0.05, 0.1) is 21.9 Å². The summed E-state index contributed by atoms with van der Waals surface area (Å²) in [5.41, 5.74) is 4.03. The summed E-state index contributed by atoms with van der Waals surface area (Å²) < 4.78 is 30.8. The Balaban J connectivity index is 1.45. The number of rotatable bonds is 9. The lowest BCUT2D eigenvalue weighted by atomic mass is 9.85. The smallest absolute Gasteiger partial charge is 0.258 e. The molecule has 0 spiro atoms. The summed E-state index contributed by atoms with van der Waals surface area (Å²) >= 11 is 0. The Hall–Kier alpha value is -5.19. The van der Waals surface area contributed by atoms with Gasteiger partial charge in [0.1, 0.15) is 5.75 Å². The number of H-pyrrole nitrogens is 1. The molecule has 6 rings (SSSR count). The number of carbonyl (C=O) groups excluding carboxylic acids is 1. The predicted octanol–water partition coefficient (Wildman–Crippen LogP) is 5.39. The summed E-state index contributed by atoms with van der Waals surface area (Å²) in [7, 11) is -2.22. The number of amides is 1. The van der Waals surface area contributed by atoms with Gasteiger partial charge in [0.2, 0.25) is 15.9 Å². The normalized spacial score (nSPS) is 12.4. The topological polar surface area (TPSA) is 133 Å². The molecule has 0 bridgehead atoms. The molecule has 0 aliphatic carbocycles. The third kappa shape index (κ3) is 5.73. The fourth-order valence-corrected chi connectivity index (χ4v) is 7.04. The zero-order valence-corrected chi connectivity index (χ0v) is 25.6. The minimum absolute atomic E-state index is 0.0274. The quantitative estimate of drug-likeness (QED) is 0.172. The summed E-state index contributed by atoms with van der Waals surface area (Å²) in [6.07, 6.45) is 0.294. The molecule has 45 heavy (non-hydrogen) atoms. The maximum atomic E-state index is 14.0. The average Bonchev–Trinajstić information content (AvgIpc) is 3.40. The third-order valence-electron chi connectivity index (χ3n) is 8.00. The van der Waals surface area contributed by atoms with Crippen LogP contribution in [0.3, 0.4) is 0 Å². The highest BCUT2D eigenvalue weighted by molar-refractivity contribution is 7.89. The first-order valence-electron chi connectivity index (χ1n) is 14.5. The van der Waals surface area contributed by atoms with Crippen molar-refractivity contribution in [2.75, 3.05) is 11.9 Å². The monoisotopic (exact) mass is 620 g/mol. The predicted molar refractivity (Wildman–Crippen MR) is 176 cm³/mol. The molecule has 2 aromatic heterocycles. The number of nitrogens with one attached hydrogen (secondary N) is 3. The number of para-hydroxylation sites is 2. The van der Waals surface area contributed by atoms with E-state index in [0.717, 1.165) is 22.0 Å². The lowest BCUT2D eigenvalue weighted by molar-refractivity contribution is -0.114. The van der Waals surface area contributed by atoms with Crippen molar-refractivity contribution < 1.29 is 18.3 Å². The minimum atomic E-state index is -3.91. The van der Waals surface area contributed by atoms with Gasteiger partial charge >= 0.3 is 0 Å². The number of nitrogens with zero attached hydrogens (tertiary/aromatic N) is 1. The van der Waals surface area contributed by atoms with Crippen LogP contribution in [0.4, 0.5) is 5.69 Å². The first-order valence-corrected chi connectivity index (χ1v) is 16.0. The van der Waals surface area contributed by atoms with Gasteiger partial charge in [-0.1, -0.05) is 66.7 Å². The van der Waals surface area contributed by atoms with Crippen molar-refractivity contribution in [2.24, 2.45) is 7.05 Å². The molecule has 0 radical (unpaired) electrons. The molecule has 0 fully saturated rings. The molecule has 0 aliphatic heterocycles. The van der Waals surface area contributed by atoms with Gasteiger partial charge in [-0.05, 0) is 53.9 Å². The van der Waals surface area contributed by atoms with E-state index in [2.05, 4.69) is 15.0 Å². The van der Waals surface area contributed by atoms with Crippen molar-refractivity contribution in [3.8, 4) is 5.75 Å². The number of anilines is 1. The van der Waals surface area contributed by atoms with E-state index in [-0.39, 0.29) is 34.2 Å². The fourth-order valence-electron chi connectivity index (χ4n) is 5.96. The van der Waals surface area contributed by atoms with E-state index in [1.165, 1.54) is 19.1 Å². The Morgan fingerprint density at radius 1 is 0.911 bits per heavy atom. The molecule has 1 amide bonds. The van der Waals surface area contributed by atoms with Gasteiger partial charge in [-0.15, -0.1) is 0 Å². The summed E-state index contributed by atoms with van der Waals surface area (Å²) in [6.45, 7) is 1.42. The van der Waals surface area contributed by atoms with E-state index in [9.17, 15) is 23.1 Å². The fraction of sp³-hybridized carbons (Fsp3) is 0.143. The second-order valence-corrected chi connectivity index (χ2v) is 12.7. The Kier molecular flexibility index (Phi) is 8.01. The molecule has 10 heteroatoms. The number of hydrogen-bond acceptors (Lipinski definition) is 5. The Morgan fingerprint density at radius 2 is 1.60 bits per heavy atom. The van der Waals surface area contributed by atoms with Crippen LogP contribution in [0, 0.1) is 0 Å². The first kappa shape index (κ1) is 29.9. The summed E-state index contributed by atoms with van der Waals surface area (Å²) in [5, 5.41) is 15.7.